The van der Waals surface area contributed by atoms with Crippen molar-refractivity contribution in [1.82, 2.24) is 0 Å². The first kappa shape index (κ1) is 17.0. The molecule has 0 N–H and O–H groups in total. The lowest BCUT2D eigenvalue weighted by Gasteiger charge is -2.35. The first-order valence-corrected chi connectivity index (χ1v) is 9.64. The highest BCUT2D eigenvalue weighted by Crippen LogP contribution is 2.34. The van der Waals surface area contributed by atoms with Gasteiger partial charge in [-0.25, -0.2) is 12.8 Å². The van der Waals surface area contributed by atoms with Gasteiger partial charge < -0.3 is 9.47 Å². The van der Waals surface area contributed by atoms with E-state index in [1.54, 1.807) is 6.07 Å². The lowest BCUT2D eigenvalue weighted by Crippen LogP contribution is -2.40. The lowest BCUT2D eigenvalue weighted by molar-refractivity contribution is 0.00221. The topological polar surface area (TPSA) is 52.6 Å². The standard InChI is InChI=1S/C13H15BrClFO4S/c14-10-5-11(16)7-12(6-10)20-8-13(9-21(15,17)18)1-3-19-4-2-13/h5-7H,1-4,8-9H2. The van der Waals surface area contributed by atoms with Gasteiger partial charge in [0.25, 0.3) is 0 Å². The maximum absolute atomic E-state index is 13.3. The predicted octanol–water partition coefficient (Wildman–Crippen LogP) is 3.33. The second-order valence-corrected chi connectivity index (χ2v) is 8.88. The van der Waals surface area contributed by atoms with Gasteiger partial charge in [-0.15, -0.1) is 0 Å². The van der Waals surface area contributed by atoms with E-state index in [1.165, 1.54) is 12.1 Å². The number of ether oxygens (including phenoxy) is 2. The summed E-state index contributed by atoms with van der Waals surface area (Å²) in [7, 11) is 1.75. The summed E-state index contributed by atoms with van der Waals surface area (Å²) in [5.41, 5.74) is -0.600. The third-order valence-corrected chi connectivity index (χ3v) is 5.16. The van der Waals surface area contributed by atoms with Gasteiger partial charge in [-0.3, -0.25) is 0 Å². The molecule has 0 aliphatic carbocycles. The van der Waals surface area contributed by atoms with Crippen LogP contribution in [0.5, 0.6) is 5.75 Å². The molecule has 4 nitrogen and oxygen atoms in total. The van der Waals surface area contributed by atoms with Gasteiger partial charge in [0.15, 0.2) is 0 Å². The number of benzene rings is 1. The molecular weight excluding hydrogens is 387 g/mol. The normalized spacial score (nSPS) is 18.4. The summed E-state index contributed by atoms with van der Waals surface area (Å²) in [6, 6.07) is 4.21. The van der Waals surface area contributed by atoms with Crippen LogP contribution >= 0.6 is 26.6 Å². The summed E-state index contributed by atoms with van der Waals surface area (Å²) < 4.78 is 47.6. The molecule has 0 atom stereocenters. The molecule has 1 aliphatic rings. The molecule has 0 aromatic heterocycles. The van der Waals surface area contributed by atoms with Crippen LogP contribution in [0.4, 0.5) is 4.39 Å². The third kappa shape index (κ3) is 5.39. The predicted molar refractivity (Wildman–Crippen MR) is 81.7 cm³/mol. The summed E-state index contributed by atoms with van der Waals surface area (Å²) in [6.45, 7) is 1.07. The molecule has 2 rings (SSSR count). The Labute approximate surface area is 136 Å². The Hall–Kier alpha value is -0.370. The highest BCUT2D eigenvalue weighted by atomic mass is 79.9. The Balaban J connectivity index is 2.11. The summed E-state index contributed by atoms with van der Waals surface area (Å²) in [5.74, 6) is -0.258. The Kier molecular flexibility index (Phi) is 5.51. The number of hydrogen-bond donors (Lipinski definition) is 0. The highest BCUT2D eigenvalue weighted by molar-refractivity contribution is 9.10. The summed E-state index contributed by atoms with van der Waals surface area (Å²) in [5, 5.41) is 0. The van der Waals surface area contributed by atoms with Crippen LogP contribution in [-0.4, -0.2) is 34.0 Å². The first-order valence-electron chi connectivity index (χ1n) is 6.37. The lowest BCUT2D eigenvalue weighted by atomic mass is 9.83. The third-order valence-electron chi connectivity index (χ3n) is 3.41. The van der Waals surface area contributed by atoms with Crippen LogP contribution in [0.2, 0.25) is 0 Å². The van der Waals surface area contributed by atoms with Gasteiger partial charge in [-0.1, -0.05) is 15.9 Å². The van der Waals surface area contributed by atoms with Crippen molar-refractivity contribution in [2.24, 2.45) is 5.41 Å². The second kappa shape index (κ2) is 6.81. The van der Waals surface area contributed by atoms with Gasteiger partial charge in [0, 0.05) is 39.9 Å². The summed E-state index contributed by atoms with van der Waals surface area (Å²) in [6.07, 6.45) is 1.07. The molecule has 1 aromatic carbocycles. The molecule has 21 heavy (non-hydrogen) atoms. The van der Waals surface area contributed by atoms with E-state index >= 15 is 0 Å². The van der Waals surface area contributed by atoms with Crippen LogP contribution in [0.25, 0.3) is 0 Å². The molecule has 1 fully saturated rings. The average Bonchev–Trinajstić information content (AvgIpc) is 2.34. The van der Waals surface area contributed by atoms with Crippen molar-refractivity contribution in [2.45, 2.75) is 12.8 Å². The van der Waals surface area contributed by atoms with Crippen molar-refractivity contribution in [1.29, 1.82) is 0 Å². The maximum Gasteiger partial charge on any atom is 0.233 e. The van der Waals surface area contributed by atoms with Gasteiger partial charge in [0.1, 0.15) is 11.6 Å². The van der Waals surface area contributed by atoms with E-state index in [-0.39, 0.29) is 12.4 Å². The molecule has 0 saturated carbocycles. The fourth-order valence-electron chi connectivity index (χ4n) is 2.35. The van der Waals surface area contributed by atoms with Gasteiger partial charge in [-0.05, 0) is 25.0 Å². The Bertz CT molecular complexity index is 582. The van der Waals surface area contributed by atoms with Crippen molar-refractivity contribution < 1.29 is 22.3 Å². The molecular formula is C13H15BrClFO4S. The van der Waals surface area contributed by atoms with E-state index in [1.807, 2.05) is 0 Å². The minimum atomic E-state index is -3.65. The van der Waals surface area contributed by atoms with Crippen LogP contribution in [-0.2, 0) is 13.8 Å². The molecule has 0 unspecified atom stereocenters. The molecule has 1 aliphatic heterocycles. The Morgan fingerprint density at radius 1 is 1.33 bits per heavy atom. The largest absolute Gasteiger partial charge is 0.493 e. The zero-order valence-corrected chi connectivity index (χ0v) is 14.3. The zero-order valence-electron chi connectivity index (χ0n) is 11.1. The minimum absolute atomic E-state index is 0.151. The molecule has 1 saturated heterocycles. The number of halogens is 3. The monoisotopic (exact) mass is 400 g/mol. The average molecular weight is 402 g/mol. The number of rotatable bonds is 5. The van der Waals surface area contributed by atoms with Crippen molar-refractivity contribution in [3.8, 4) is 5.75 Å². The van der Waals surface area contributed by atoms with Gasteiger partial charge in [0.05, 0.1) is 12.4 Å². The van der Waals surface area contributed by atoms with Crippen molar-refractivity contribution in [3.05, 3.63) is 28.5 Å². The smallest absolute Gasteiger partial charge is 0.233 e. The molecule has 0 bridgehead atoms. The van der Waals surface area contributed by atoms with E-state index < -0.39 is 20.3 Å². The Morgan fingerprint density at radius 3 is 2.57 bits per heavy atom. The zero-order chi connectivity index (χ0) is 15.5. The van der Waals surface area contributed by atoms with Crippen molar-refractivity contribution in [3.63, 3.8) is 0 Å². The highest BCUT2D eigenvalue weighted by Gasteiger charge is 2.37. The van der Waals surface area contributed by atoms with E-state index in [2.05, 4.69) is 15.9 Å². The van der Waals surface area contributed by atoms with Gasteiger partial charge in [-0.2, -0.15) is 0 Å². The van der Waals surface area contributed by atoms with E-state index in [0.29, 0.717) is 36.3 Å². The SMILES string of the molecule is O=S(=O)(Cl)CC1(COc2cc(F)cc(Br)c2)CCOCC1. The van der Waals surface area contributed by atoms with Crippen LogP contribution < -0.4 is 4.74 Å². The van der Waals surface area contributed by atoms with Gasteiger partial charge in [0.2, 0.25) is 9.05 Å². The minimum Gasteiger partial charge on any atom is -0.493 e. The quantitative estimate of drug-likeness (QED) is 0.710. The molecule has 0 radical (unpaired) electrons. The van der Waals surface area contributed by atoms with Crippen molar-refractivity contribution in [2.75, 3.05) is 25.6 Å². The fourth-order valence-corrected chi connectivity index (χ4v) is 4.59. The molecule has 8 heteroatoms. The van der Waals surface area contributed by atoms with Gasteiger partial charge >= 0.3 is 0 Å². The first-order chi connectivity index (χ1) is 9.78. The van der Waals surface area contributed by atoms with Crippen LogP contribution in [0, 0.1) is 11.2 Å². The van der Waals surface area contributed by atoms with Crippen LogP contribution in [0.3, 0.4) is 0 Å². The number of hydrogen-bond acceptors (Lipinski definition) is 4. The van der Waals surface area contributed by atoms with Crippen LogP contribution in [0.1, 0.15) is 12.8 Å². The second-order valence-electron chi connectivity index (χ2n) is 5.19. The molecule has 1 aromatic rings. The maximum atomic E-state index is 13.3. The summed E-state index contributed by atoms with van der Waals surface area (Å²) >= 11 is 3.18. The molecule has 0 spiro atoms. The summed E-state index contributed by atoms with van der Waals surface area (Å²) in [4.78, 5) is 0. The molecule has 0 amide bonds. The van der Waals surface area contributed by atoms with Crippen molar-refractivity contribution >= 4 is 35.7 Å². The fraction of sp³-hybridized carbons (Fsp3) is 0.538. The Morgan fingerprint density at radius 2 is 2.00 bits per heavy atom. The van der Waals surface area contributed by atoms with E-state index in [0.717, 1.165) is 0 Å². The van der Waals surface area contributed by atoms with E-state index in [9.17, 15) is 12.8 Å². The molecule has 1 heterocycles. The van der Waals surface area contributed by atoms with Crippen LogP contribution in [0.15, 0.2) is 22.7 Å². The molecule has 118 valence electrons. The van der Waals surface area contributed by atoms with E-state index in [4.69, 9.17) is 20.2 Å².